The van der Waals surface area contributed by atoms with Crippen molar-refractivity contribution in [2.45, 2.75) is 32.7 Å². The number of imidazole rings is 1. The molecule has 0 aliphatic carbocycles. The van der Waals surface area contributed by atoms with E-state index in [4.69, 9.17) is 10.7 Å². The SMILES string of the molecule is CN(C)CCn1c(C(C)(C)C)nc2c(N)cccc21. The third kappa shape index (κ3) is 2.73. The summed E-state index contributed by atoms with van der Waals surface area (Å²) in [7, 11) is 4.18. The van der Waals surface area contributed by atoms with Gasteiger partial charge in [-0.25, -0.2) is 4.98 Å². The number of para-hydroxylation sites is 1. The van der Waals surface area contributed by atoms with Crippen molar-refractivity contribution < 1.29 is 0 Å². The molecule has 2 N–H and O–H groups in total. The second kappa shape index (κ2) is 4.85. The summed E-state index contributed by atoms with van der Waals surface area (Å²) in [6.07, 6.45) is 0. The van der Waals surface area contributed by atoms with Crippen LogP contribution >= 0.6 is 0 Å². The average Bonchev–Trinajstić information content (AvgIpc) is 2.66. The largest absolute Gasteiger partial charge is 0.397 e. The minimum Gasteiger partial charge on any atom is -0.397 e. The number of nitrogens with zero attached hydrogens (tertiary/aromatic N) is 3. The molecule has 0 bridgehead atoms. The highest BCUT2D eigenvalue weighted by molar-refractivity contribution is 5.87. The molecule has 0 spiro atoms. The van der Waals surface area contributed by atoms with E-state index in [1.807, 2.05) is 12.1 Å². The van der Waals surface area contributed by atoms with E-state index >= 15 is 0 Å². The van der Waals surface area contributed by atoms with Gasteiger partial charge in [-0.1, -0.05) is 26.8 Å². The first-order valence-corrected chi connectivity index (χ1v) is 6.70. The molecule has 0 amide bonds. The van der Waals surface area contributed by atoms with Crippen molar-refractivity contribution in [2.24, 2.45) is 0 Å². The third-order valence-corrected chi connectivity index (χ3v) is 3.25. The van der Waals surface area contributed by atoms with E-state index < -0.39 is 0 Å². The number of anilines is 1. The van der Waals surface area contributed by atoms with Crippen LogP contribution in [0.25, 0.3) is 11.0 Å². The van der Waals surface area contributed by atoms with E-state index in [2.05, 4.69) is 50.4 Å². The Morgan fingerprint density at radius 3 is 2.53 bits per heavy atom. The summed E-state index contributed by atoms with van der Waals surface area (Å²) in [6.45, 7) is 8.49. The lowest BCUT2D eigenvalue weighted by molar-refractivity contribution is 0.375. The van der Waals surface area contributed by atoms with Crippen molar-refractivity contribution in [3.8, 4) is 0 Å². The van der Waals surface area contributed by atoms with Crippen molar-refractivity contribution >= 4 is 16.7 Å². The van der Waals surface area contributed by atoms with Gasteiger partial charge in [-0.2, -0.15) is 0 Å². The first-order chi connectivity index (χ1) is 8.80. The summed E-state index contributed by atoms with van der Waals surface area (Å²) in [5.41, 5.74) is 8.87. The summed E-state index contributed by atoms with van der Waals surface area (Å²) in [6, 6.07) is 6.01. The maximum absolute atomic E-state index is 6.05. The zero-order valence-corrected chi connectivity index (χ0v) is 12.6. The van der Waals surface area contributed by atoms with Gasteiger partial charge in [0.15, 0.2) is 0 Å². The van der Waals surface area contributed by atoms with Crippen LogP contribution in [-0.4, -0.2) is 35.1 Å². The van der Waals surface area contributed by atoms with Crippen molar-refractivity contribution in [1.82, 2.24) is 14.5 Å². The summed E-state index contributed by atoms with van der Waals surface area (Å²) in [4.78, 5) is 6.97. The molecule has 19 heavy (non-hydrogen) atoms. The van der Waals surface area contributed by atoms with Crippen LogP contribution in [0.3, 0.4) is 0 Å². The number of hydrogen-bond donors (Lipinski definition) is 1. The zero-order chi connectivity index (χ0) is 14.2. The molecule has 0 aliphatic rings. The molecule has 0 saturated heterocycles. The Morgan fingerprint density at radius 2 is 1.95 bits per heavy atom. The summed E-state index contributed by atoms with van der Waals surface area (Å²) >= 11 is 0. The molecule has 0 aliphatic heterocycles. The third-order valence-electron chi connectivity index (χ3n) is 3.25. The van der Waals surface area contributed by atoms with Gasteiger partial charge in [-0.05, 0) is 26.2 Å². The number of likely N-dealkylation sites (N-methyl/N-ethyl adjacent to an activating group) is 1. The van der Waals surface area contributed by atoms with Crippen LogP contribution in [0.5, 0.6) is 0 Å². The van der Waals surface area contributed by atoms with Crippen molar-refractivity contribution in [1.29, 1.82) is 0 Å². The molecule has 1 aromatic carbocycles. The highest BCUT2D eigenvalue weighted by atomic mass is 15.1. The molecule has 1 heterocycles. The molecule has 0 saturated carbocycles. The van der Waals surface area contributed by atoms with Gasteiger partial charge in [-0.3, -0.25) is 0 Å². The minimum absolute atomic E-state index is 0.0117. The number of fused-ring (bicyclic) bond motifs is 1. The van der Waals surface area contributed by atoms with Crippen molar-refractivity contribution in [3.05, 3.63) is 24.0 Å². The van der Waals surface area contributed by atoms with Gasteiger partial charge in [0.05, 0.1) is 11.2 Å². The number of hydrogen-bond acceptors (Lipinski definition) is 3. The molecule has 104 valence electrons. The fraction of sp³-hybridized carbons (Fsp3) is 0.533. The van der Waals surface area contributed by atoms with E-state index in [-0.39, 0.29) is 5.41 Å². The quantitative estimate of drug-likeness (QED) is 0.862. The Morgan fingerprint density at radius 1 is 1.26 bits per heavy atom. The summed E-state index contributed by atoms with van der Waals surface area (Å²) < 4.78 is 2.30. The van der Waals surface area contributed by atoms with Gasteiger partial charge in [0, 0.05) is 18.5 Å². The lowest BCUT2D eigenvalue weighted by Gasteiger charge is -2.21. The second-order valence-corrected chi connectivity index (χ2v) is 6.36. The van der Waals surface area contributed by atoms with E-state index in [0.717, 1.165) is 35.6 Å². The lowest BCUT2D eigenvalue weighted by atomic mass is 9.95. The lowest BCUT2D eigenvalue weighted by Crippen LogP contribution is -2.24. The summed E-state index contributed by atoms with van der Waals surface area (Å²) in [5.74, 6) is 1.10. The van der Waals surface area contributed by atoms with Gasteiger partial charge in [-0.15, -0.1) is 0 Å². The van der Waals surface area contributed by atoms with Crippen LogP contribution in [0.2, 0.25) is 0 Å². The predicted octanol–water partition coefficient (Wildman–Crippen LogP) is 2.48. The van der Waals surface area contributed by atoms with Crippen LogP contribution < -0.4 is 5.73 Å². The first-order valence-electron chi connectivity index (χ1n) is 6.70. The topological polar surface area (TPSA) is 47.1 Å². The fourth-order valence-corrected chi connectivity index (χ4v) is 2.27. The zero-order valence-electron chi connectivity index (χ0n) is 12.6. The number of nitrogen functional groups attached to an aromatic ring is 1. The highest BCUT2D eigenvalue weighted by Gasteiger charge is 2.23. The molecular formula is C15H24N4. The van der Waals surface area contributed by atoms with Crippen LogP contribution in [0.4, 0.5) is 5.69 Å². The van der Waals surface area contributed by atoms with Crippen LogP contribution in [0.15, 0.2) is 18.2 Å². The normalized spacial score (nSPS) is 12.5. The van der Waals surface area contributed by atoms with Gasteiger partial charge >= 0.3 is 0 Å². The Hall–Kier alpha value is -1.55. The average molecular weight is 260 g/mol. The van der Waals surface area contributed by atoms with Gasteiger partial charge < -0.3 is 15.2 Å². The smallest absolute Gasteiger partial charge is 0.115 e. The molecule has 2 aromatic rings. The molecular weight excluding hydrogens is 236 g/mol. The van der Waals surface area contributed by atoms with E-state index in [0.29, 0.717) is 0 Å². The van der Waals surface area contributed by atoms with Gasteiger partial charge in [0.2, 0.25) is 0 Å². The van der Waals surface area contributed by atoms with E-state index in [1.165, 1.54) is 0 Å². The van der Waals surface area contributed by atoms with Crippen LogP contribution in [0.1, 0.15) is 26.6 Å². The van der Waals surface area contributed by atoms with Gasteiger partial charge in [0.1, 0.15) is 11.3 Å². The van der Waals surface area contributed by atoms with Crippen LogP contribution in [0, 0.1) is 0 Å². The van der Waals surface area contributed by atoms with Crippen molar-refractivity contribution in [3.63, 3.8) is 0 Å². The number of aromatic nitrogens is 2. The standard InChI is InChI=1S/C15H24N4/c1-15(2,3)14-17-13-11(16)7-6-8-12(13)19(14)10-9-18(4)5/h6-8H,9-10,16H2,1-5H3. The highest BCUT2D eigenvalue weighted by Crippen LogP contribution is 2.28. The molecule has 0 unspecified atom stereocenters. The van der Waals surface area contributed by atoms with Crippen molar-refractivity contribution in [2.75, 3.05) is 26.4 Å². The van der Waals surface area contributed by atoms with Gasteiger partial charge in [0.25, 0.3) is 0 Å². The molecule has 2 rings (SSSR count). The minimum atomic E-state index is 0.0117. The molecule has 4 heteroatoms. The predicted molar refractivity (Wildman–Crippen MR) is 81.4 cm³/mol. The number of nitrogens with two attached hydrogens (primary N) is 1. The van der Waals surface area contributed by atoms with E-state index in [9.17, 15) is 0 Å². The first kappa shape index (κ1) is 13.9. The molecule has 0 radical (unpaired) electrons. The molecule has 0 atom stereocenters. The maximum Gasteiger partial charge on any atom is 0.115 e. The Balaban J connectivity index is 2.59. The fourth-order valence-electron chi connectivity index (χ4n) is 2.27. The molecule has 0 fully saturated rings. The maximum atomic E-state index is 6.05. The monoisotopic (exact) mass is 260 g/mol. The molecule has 1 aromatic heterocycles. The summed E-state index contributed by atoms with van der Waals surface area (Å²) in [5, 5.41) is 0. The Labute approximate surface area is 115 Å². The van der Waals surface area contributed by atoms with E-state index in [1.54, 1.807) is 0 Å². The number of benzene rings is 1. The van der Waals surface area contributed by atoms with Crippen LogP contribution in [-0.2, 0) is 12.0 Å². The second-order valence-electron chi connectivity index (χ2n) is 6.36. The number of rotatable bonds is 3. The Bertz CT molecular complexity index is 576. The molecule has 4 nitrogen and oxygen atoms in total. The Kier molecular flexibility index (Phi) is 3.54.